The van der Waals surface area contributed by atoms with Crippen molar-refractivity contribution in [2.24, 2.45) is 5.14 Å². The van der Waals surface area contributed by atoms with Gasteiger partial charge in [0.05, 0.1) is 15.5 Å². The van der Waals surface area contributed by atoms with Crippen LogP contribution in [-0.4, -0.2) is 48.1 Å². The minimum atomic E-state index is -4.02. The molecule has 29 heavy (non-hydrogen) atoms. The fourth-order valence-electron chi connectivity index (χ4n) is 3.31. The highest BCUT2D eigenvalue weighted by atomic mass is 32.2. The molecule has 1 aliphatic heterocycles. The number of nitrogens with two attached hydrogens (primary N) is 1. The minimum absolute atomic E-state index is 0.0745. The Balaban J connectivity index is 1.74. The van der Waals surface area contributed by atoms with E-state index in [0.29, 0.717) is 37.4 Å². The maximum Gasteiger partial charge on any atom is 0.287 e. The molecule has 0 saturated carbocycles. The summed E-state index contributed by atoms with van der Waals surface area (Å²) in [5.41, 5.74) is 0.423. The second-order valence-corrected chi connectivity index (χ2v) is 10.6. The van der Waals surface area contributed by atoms with E-state index < -0.39 is 19.9 Å². The molecule has 0 atom stereocenters. The number of rotatable bonds is 5. The summed E-state index contributed by atoms with van der Waals surface area (Å²) in [6, 6.07) is 7.11. The van der Waals surface area contributed by atoms with Gasteiger partial charge in [-0.1, -0.05) is 0 Å². The van der Waals surface area contributed by atoms with E-state index in [2.05, 4.69) is 5.32 Å². The number of nitrogens with one attached hydrogen (secondary N) is 1. The Morgan fingerprint density at radius 3 is 2.31 bits per heavy atom. The summed E-state index contributed by atoms with van der Waals surface area (Å²) in [6.07, 6.45) is 2.23. The Morgan fingerprint density at radius 1 is 1.14 bits per heavy atom. The van der Waals surface area contributed by atoms with Gasteiger partial charge in [0.2, 0.25) is 10.0 Å². The predicted molar refractivity (Wildman–Crippen MR) is 107 cm³/mol. The fourth-order valence-corrected chi connectivity index (χ4v) is 4.84. The monoisotopic (exact) mass is 441 g/mol. The SMILES string of the molecule is Cc1ccc(C(=O)NC2CCN(c3ccc(S(N)(=O)=O)cc3S(C)(=O)=O)CC2)o1. The third-order valence-corrected chi connectivity index (χ3v) is 6.83. The number of carbonyl (C=O) groups is 1. The van der Waals surface area contributed by atoms with Gasteiger partial charge in [0, 0.05) is 25.4 Å². The van der Waals surface area contributed by atoms with E-state index in [-0.39, 0.29) is 27.5 Å². The summed E-state index contributed by atoms with van der Waals surface area (Å²) in [6.45, 7) is 2.76. The van der Waals surface area contributed by atoms with Crippen LogP contribution in [0.15, 0.2) is 44.5 Å². The van der Waals surface area contributed by atoms with Crippen LogP contribution in [-0.2, 0) is 19.9 Å². The molecule has 1 aliphatic rings. The summed E-state index contributed by atoms with van der Waals surface area (Å²) < 4.78 is 52.9. The maximum absolute atomic E-state index is 12.2. The summed E-state index contributed by atoms with van der Waals surface area (Å²) in [5.74, 6) is 0.620. The third-order valence-electron chi connectivity index (χ3n) is 4.79. The number of sulfone groups is 1. The lowest BCUT2D eigenvalue weighted by Gasteiger charge is -2.34. The number of furan rings is 1. The number of benzene rings is 1. The van der Waals surface area contributed by atoms with Crippen molar-refractivity contribution in [2.75, 3.05) is 24.2 Å². The first-order valence-corrected chi connectivity index (χ1v) is 12.4. The van der Waals surface area contributed by atoms with Crippen molar-refractivity contribution in [1.82, 2.24) is 5.32 Å². The average molecular weight is 442 g/mol. The Hall–Kier alpha value is -2.37. The van der Waals surface area contributed by atoms with Gasteiger partial charge >= 0.3 is 0 Å². The Bertz CT molecular complexity index is 1130. The number of aryl methyl sites for hydroxylation is 1. The van der Waals surface area contributed by atoms with Crippen molar-refractivity contribution in [3.63, 3.8) is 0 Å². The molecule has 158 valence electrons. The van der Waals surface area contributed by atoms with Gasteiger partial charge in [-0.05, 0) is 50.1 Å². The summed E-state index contributed by atoms with van der Waals surface area (Å²) >= 11 is 0. The number of hydrogen-bond acceptors (Lipinski definition) is 7. The Kier molecular flexibility index (Phi) is 5.74. The molecule has 1 aromatic heterocycles. The van der Waals surface area contributed by atoms with Gasteiger partial charge in [0.15, 0.2) is 15.6 Å². The number of primary sulfonamides is 1. The molecule has 2 aromatic rings. The second kappa shape index (κ2) is 7.81. The Labute approximate surface area is 169 Å². The van der Waals surface area contributed by atoms with E-state index in [9.17, 15) is 21.6 Å². The van der Waals surface area contributed by atoms with E-state index >= 15 is 0 Å². The summed E-state index contributed by atoms with van der Waals surface area (Å²) in [7, 11) is -7.69. The van der Waals surface area contributed by atoms with Crippen LogP contribution in [0.3, 0.4) is 0 Å². The predicted octanol–water partition coefficient (Wildman–Crippen LogP) is 1.04. The minimum Gasteiger partial charge on any atom is -0.456 e. The topological polar surface area (TPSA) is 140 Å². The molecular weight excluding hydrogens is 418 g/mol. The molecule has 1 amide bonds. The lowest BCUT2D eigenvalue weighted by atomic mass is 10.0. The molecule has 1 aromatic carbocycles. The maximum atomic E-state index is 12.2. The van der Waals surface area contributed by atoms with Crippen molar-refractivity contribution in [2.45, 2.75) is 35.6 Å². The van der Waals surface area contributed by atoms with Gasteiger partial charge < -0.3 is 14.6 Å². The Morgan fingerprint density at radius 2 is 1.79 bits per heavy atom. The fraction of sp³-hybridized carbons (Fsp3) is 0.389. The largest absolute Gasteiger partial charge is 0.456 e. The smallest absolute Gasteiger partial charge is 0.287 e. The molecule has 1 fully saturated rings. The van der Waals surface area contributed by atoms with Gasteiger partial charge in [0.1, 0.15) is 5.76 Å². The lowest BCUT2D eigenvalue weighted by molar-refractivity contribution is 0.0901. The van der Waals surface area contributed by atoms with Crippen LogP contribution in [0.2, 0.25) is 0 Å². The van der Waals surface area contributed by atoms with Crippen LogP contribution in [0.5, 0.6) is 0 Å². The van der Waals surface area contributed by atoms with Gasteiger partial charge in [-0.2, -0.15) is 0 Å². The summed E-state index contributed by atoms with van der Waals surface area (Å²) in [5, 5.41) is 8.05. The van der Waals surface area contributed by atoms with Crippen LogP contribution in [0.25, 0.3) is 0 Å². The van der Waals surface area contributed by atoms with Crippen LogP contribution >= 0.6 is 0 Å². The molecule has 0 bridgehead atoms. The zero-order chi connectivity index (χ0) is 21.4. The first-order chi connectivity index (χ1) is 13.4. The van der Waals surface area contributed by atoms with E-state index in [4.69, 9.17) is 9.56 Å². The van der Waals surface area contributed by atoms with Crippen molar-refractivity contribution < 1.29 is 26.0 Å². The standard InChI is InChI=1S/C18H23N3O6S2/c1-12-3-6-16(27-12)18(22)20-13-7-9-21(10-8-13)15-5-4-14(29(19,25)26)11-17(15)28(2,23)24/h3-6,11,13H,7-10H2,1-2H3,(H,20,22)(H2,19,25,26). The first kappa shape index (κ1) is 21.3. The van der Waals surface area contributed by atoms with Gasteiger partial charge in [-0.15, -0.1) is 0 Å². The number of hydrogen-bond donors (Lipinski definition) is 2. The molecule has 3 rings (SSSR count). The van der Waals surface area contributed by atoms with E-state index in [0.717, 1.165) is 12.3 Å². The molecule has 11 heteroatoms. The van der Waals surface area contributed by atoms with E-state index in [1.807, 2.05) is 4.90 Å². The van der Waals surface area contributed by atoms with Crippen molar-refractivity contribution in [3.8, 4) is 0 Å². The van der Waals surface area contributed by atoms with Gasteiger partial charge in [0.25, 0.3) is 5.91 Å². The molecule has 0 radical (unpaired) electrons. The zero-order valence-corrected chi connectivity index (χ0v) is 17.7. The normalized spacial score (nSPS) is 16.0. The zero-order valence-electron chi connectivity index (χ0n) is 16.1. The molecule has 9 nitrogen and oxygen atoms in total. The number of amides is 1. The number of piperidine rings is 1. The van der Waals surface area contributed by atoms with Crippen LogP contribution in [0, 0.1) is 6.92 Å². The van der Waals surface area contributed by atoms with E-state index in [1.54, 1.807) is 19.1 Å². The number of anilines is 1. The summed E-state index contributed by atoms with van der Waals surface area (Å²) in [4.78, 5) is 13.8. The molecule has 0 spiro atoms. The van der Waals surface area contributed by atoms with Crippen molar-refractivity contribution in [3.05, 3.63) is 41.9 Å². The number of sulfonamides is 1. The molecule has 1 saturated heterocycles. The van der Waals surface area contributed by atoms with Crippen LogP contribution in [0.1, 0.15) is 29.2 Å². The first-order valence-electron chi connectivity index (χ1n) is 8.94. The molecule has 0 aliphatic carbocycles. The van der Waals surface area contributed by atoms with Gasteiger partial charge in [-0.25, -0.2) is 22.0 Å². The van der Waals surface area contributed by atoms with Crippen LogP contribution in [0.4, 0.5) is 5.69 Å². The molecule has 0 unspecified atom stereocenters. The highest BCUT2D eigenvalue weighted by molar-refractivity contribution is 7.91. The van der Waals surface area contributed by atoms with Crippen molar-refractivity contribution >= 4 is 31.5 Å². The van der Waals surface area contributed by atoms with E-state index in [1.165, 1.54) is 12.1 Å². The molecular formula is C18H23N3O6S2. The third kappa shape index (κ3) is 4.98. The highest BCUT2D eigenvalue weighted by Crippen LogP contribution is 2.30. The lowest BCUT2D eigenvalue weighted by Crippen LogP contribution is -2.45. The van der Waals surface area contributed by atoms with Crippen molar-refractivity contribution in [1.29, 1.82) is 0 Å². The van der Waals surface area contributed by atoms with Crippen LogP contribution < -0.4 is 15.4 Å². The average Bonchev–Trinajstić information content (AvgIpc) is 3.07. The highest BCUT2D eigenvalue weighted by Gasteiger charge is 2.26. The number of carbonyl (C=O) groups excluding carboxylic acids is 1. The van der Waals surface area contributed by atoms with Gasteiger partial charge in [-0.3, -0.25) is 4.79 Å². The number of nitrogens with zero attached hydrogens (tertiary/aromatic N) is 1. The molecule has 3 N–H and O–H groups in total. The second-order valence-electron chi connectivity index (χ2n) is 7.09. The molecule has 2 heterocycles. The quantitative estimate of drug-likeness (QED) is 0.706.